The molecule has 0 atom stereocenters. The molecule has 0 aromatic heterocycles. The molecule has 0 saturated carbocycles. The molecule has 0 N–H and O–H groups in total. The molecule has 0 saturated heterocycles. The van der Waals surface area contributed by atoms with E-state index in [-0.39, 0.29) is 19.8 Å². The quantitative estimate of drug-likeness (QED) is 0.516. The van der Waals surface area contributed by atoms with Crippen molar-refractivity contribution in [2.75, 3.05) is 19.8 Å². The summed E-state index contributed by atoms with van der Waals surface area (Å²) in [7, 11) is 0. The first-order chi connectivity index (χ1) is 7.81. The highest BCUT2D eigenvalue weighted by Crippen LogP contribution is 2.24. The van der Waals surface area contributed by atoms with Crippen molar-refractivity contribution in [3.05, 3.63) is 0 Å². The van der Waals surface area contributed by atoms with Crippen LogP contribution in [0, 0.1) is 0 Å². The maximum absolute atomic E-state index is 12.1. The zero-order valence-electron chi connectivity index (χ0n) is 9.80. The summed E-state index contributed by atoms with van der Waals surface area (Å²) in [5.41, 5.74) is 0. The minimum Gasteiger partial charge on any atom is -0.377 e. The molecule has 0 radical (unpaired) electrons. The standard InChI is InChI=1S/C9H15F3O5/c1-4-14-9(15-5-2,16-6-3)17-7(13)8(10,11)12/h4-6H2,1-3H3. The Bertz CT molecular complexity index is 224. The van der Waals surface area contributed by atoms with Crippen molar-refractivity contribution in [2.24, 2.45) is 0 Å². The molecule has 8 heteroatoms. The van der Waals surface area contributed by atoms with Crippen LogP contribution in [0.4, 0.5) is 13.2 Å². The van der Waals surface area contributed by atoms with Gasteiger partial charge in [0.15, 0.2) is 0 Å². The van der Waals surface area contributed by atoms with Crippen LogP contribution in [0.3, 0.4) is 0 Å². The maximum atomic E-state index is 12.1. The van der Waals surface area contributed by atoms with E-state index in [1.54, 1.807) is 0 Å². The first-order valence-corrected chi connectivity index (χ1v) is 5.03. The molecule has 0 heterocycles. The third-order valence-corrected chi connectivity index (χ3v) is 1.41. The Morgan fingerprint density at radius 1 is 0.941 bits per heavy atom. The van der Waals surface area contributed by atoms with Gasteiger partial charge in [-0.1, -0.05) is 0 Å². The monoisotopic (exact) mass is 260 g/mol. The van der Waals surface area contributed by atoms with E-state index in [4.69, 9.17) is 14.2 Å². The highest BCUT2D eigenvalue weighted by atomic mass is 19.4. The van der Waals surface area contributed by atoms with E-state index in [9.17, 15) is 18.0 Å². The molecule has 0 aromatic rings. The molecular weight excluding hydrogens is 245 g/mol. The fraction of sp³-hybridized carbons (Fsp3) is 0.889. The van der Waals surface area contributed by atoms with Gasteiger partial charge in [0.05, 0.1) is 19.8 Å². The van der Waals surface area contributed by atoms with Gasteiger partial charge in [0, 0.05) is 0 Å². The van der Waals surface area contributed by atoms with Crippen molar-refractivity contribution in [3.8, 4) is 0 Å². The van der Waals surface area contributed by atoms with Crippen molar-refractivity contribution in [1.82, 2.24) is 0 Å². The van der Waals surface area contributed by atoms with E-state index in [2.05, 4.69) is 4.74 Å². The molecule has 0 rings (SSSR count). The van der Waals surface area contributed by atoms with Crippen LogP contribution in [0.5, 0.6) is 0 Å². The van der Waals surface area contributed by atoms with Crippen LogP contribution in [0.1, 0.15) is 20.8 Å². The Kier molecular flexibility index (Phi) is 6.43. The predicted octanol–water partition coefficient (Wildman–Crippen LogP) is 1.81. The summed E-state index contributed by atoms with van der Waals surface area (Å²) in [4.78, 5) is 10.7. The van der Waals surface area contributed by atoms with E-state index >= 15 is 0 Å². The van der Waals surface area contributed by atoms with E-state index < -0.39 is 18.3 Å². The molecule has 0 aliphatic rings. The summed E-state index contributed by atoms with van der Waals surface area (Å²) in [5.74, 6) is -2.44. The third kappa shape index (κ3) is 5.33. The van der Waals surface area contributed by atoms with Gasteiger partial charge in [-0.3, -0.25) is 14.2 Å². The number of esters is 1. The number of carbonyl (C=O) groups excluding carboxylic acids is 1. The van der Waals surface area contributed by atoms with Crippen LogP contribution < -0.4 is 0 Å². The van der Waals surface area contributed by atoms with Crippen molar-refractivity contribution in [3.63, 3.8) is 0 Å². The number of ether oxygens (including phenoxy) is 4. The van der Waals surface area contributed by atoms with E-state index in [0.717, 1.165) is 0 Å². The van der Waals surface area contributed by atoms with Gasteiger partial charge in [-0.15, -0.1) is 0 Å². The van der Waals surface area contributed by atoms with Gasteiger partial charge in [0.1, 0.15) is 0 Å². The second-order valence-electron chi connectivity index (χ2n) is 2.69. The number of hydrogen-bond donors (Lipinski definition) is 0. The minimum atomic E-state index is -5.14. The lowest BCUT2D eigenvalue weighted by atomic mass is 10.6. The highest BCUT2D eigenvalue weighted by molar-refractivity contribution is 5.75. The molecule has 0 fully saturated rings. The number of hydrogen-bond acceptors (Lipinski definition) is 5. The third-order valence-electron chi connectivity index (χ3n) is 1.41. The lowest BCUT2D eigenvalue weighted by molar-refractivity contribution is -0.483. The van der Waals surface area contributed by atoms with Gasteiger partial charge in [-0.05, 0) is 20.8 Å². The largest absolute Gasteiger partial charge is 0.491 e. The zero-order valence-corrected chi connectivity index (χ0v) is 9.80. The second-order valence-corrected chi connectivity index (χ2v) is 2.69. The first kappa shape index (κ1) is 16.1. The second kappa shape index (κ2) is 6.77. The summed E-state index contributed by atoms with van der Waals surface area (Å²) in [6, 6.07) is 0. The van der Waals surface area contributed by atoms with Crippen LogP contribution in [0.25, 0.3) is 0 Å². The fourth-order valence-corrected chi connectivity index (χ4v) is 0.915. The molecule has 0 unspecified atom stereocenters. The van der Waals surface area contributed by atoms with Crippen LogP contribution in [0.15, 0.2) is 0 Å². The summed E-state index contributed by atoms with van der Waals surface area (Å²) < 4.78 is 54.6. The normalized spacial score (nSPS) is 12.6. The minimum absolute atomic E-state index is 0.0505. The van der Waals surface area contributed by atoms with Gasteiger partial charge < -0.3 is 4.74 Å². The van der Waals surface area contributed by atoms with Crippen molar-refractivity contribution in [1.29, 1.82) is 0 Å². The molecule has 0 aliphatic carbocycles. The topological polar surface area (TPSA) is 54.0 Å². The van der Waals surface area contributed by atoms with Crippen LogP contribution >= 0.6 is 0 Å². The summed E-state index contributed by atoms with van der Waals surface area (Å²) in [6.45, 7) is 4.33. The summed E-state index contributed by atoms with van der Waals surface area (Å²) in [6.07, 6.45) is -7.58. The van der Waals surface area contributed by atoms with Gasteiger partial charge in [0.25, 0.3) is 0 Å². The number of rotatable bonds is 7. The average Bonchev–Trinajstić information content (AvgIpc) is 2.17. The van der Waals surface area contributed by atoms with Crippen LogP contribution in [-0.4, -0.2) is 38.1 Å². The van der Waals surface area contributed by atoms with E-state index in [0.29, 0.717) is 0 Å². The molecule has 0 aromatic carbocycles. The van der Waals surface area contributed by atoms with Gasteiger partial charge >= 0.3 is 18.3 Å². The van der Waals surface area contributed by atoms with Gasteiger partial charge in [-0.2, -0.15) is 13.2 Å². The molecule has 5 nitrogen and oxygen atoms in total. The highest BCUT2D eigenvalue weighted by Gasteiger charge is 2.49. The van der Waals surface area contributed by atoms with Crippen molar-refractivity contribution in [2.45, 2.75) is 33.1 Å². The number of halogens is 3. The Morgan fingerprint density at radius 2 is 1.29 bits per heavy atom. The Hall–Kier alpha value is -0.860. The van der Waals surface area contributed by atoms with Gasteiger partial charge in [0.2, 0.25) is 0 Å². The fourth-order valence-electron chi connectivity index (χ4n) is 0.915. The molecule has 0 bridgehead atoms. The van der Waals surface area contributed by atoms with E-state index in [1.165, 1.54) is 20.8 Å². The molecule has 0 aliphatic heterocycles. The SMILES string of the molecule is CCOC(OCC)(OCC)OC(=O)C(F)(F)F. The first-order valence-electron chi connectivity index (χ1n) is 5.03. The molecule has 0 spiro atoms. The van der Waals surface area contributed by atoms with Crippen LogP contribution in [0.2, 0.25) is 0 Å². The number of alkyl halides is 3. The Balaban J connectivity index is 4.82. The van der Waals surface area contributed by atoms with Crippen molar-refractivity contribution >= 4 is 5.97 Å². The Morgan fingerprint density at radius 3 is 1.53 bits per heavy atom. The lowest BCUT2D eigenvalue weighted by Gasteiger charge is -2.30. The molecular formula is C9H15F3O5. The molecule has 102 valence electrons. The van der Waals surface area contributed by atoms with Crippen LogP contribution in [-0.2, 0) is 23.7 Å². The zero-order chi connectivity index (χ0) is 13.5. The smallest absolute Gasteiger partial charge is 0.377 e. The molecule has 17 heavy (non-hydrogen) atoms. The lowest BCUT2D eigenvalue weighted by Crippen LogP contribution is -2.46. The summed E-state index contributed by atoms with van der Waals surface area (Å²) >= 11 is 0. The van der Waals surface area contributed by atoms with E-state index in [1.807, 2.05) is 0 Å². The average molecular weight is 260 g/mol. The molecule has 0 amide bonds. The Labute approximate surface area is 96.8 Å². The number of carbonyl (C=O) groups is 1. The maximum Gasteiger partial charge on any atom is 0.491 e. The predicted molar refractivity (Wildman–Crippen MR) is 49.8 cm³/mol. The van der Waals surface area contributed by atoms with Gasteiger partial charge in [-0.25, -0.2) is 4.79 Å². The summed E-state index contributed by atoms with van der Waals surface area (Å²) in [5, 5.41) is 0. The van der Waals surface area contributed by atoms with Crippen molar-refractivity contribution < 1.29 is 36.9 Å².